The fraction of sp³-hybridized carbons (Fsp3) is 0.346. The zero-order chi connectivity index (χ0) is 51.4. The second-order valence-electron chi connectivity index (χ2n) is 17.5. The van der Waals surface area contributed by atoms with E-state index in [1.807, 2.05) is 42.5 Å². The van der Waals surface area contributed by atoms with Gasteiger partial charge in [-0.15, -0.1) is 22.7 Å². The van der Waals surface area contributed by atoms with Crippen LogP contribution >= 0.6 is 69.1 Å². The highest BCUT2D eigenvalue weighted by atomic mass is 35.5. The number of nitrogens with zero attached hydrogens (tertiary/aromatic N) is 5. The highest BCUT2D eigenvalue weighted by molar-refractivity contribution is 7.16. The summed E-state index contributed by atoms with van der Waals surface area (Å²) in [5.74, 6) is -0.808. The van der Waals surface area contributed by atoms with Crippen molar-refractivity contribution in [3.8, 4) is 22.5 Å². The van der Waals surface area contributed by atoms with Crippen LogP contribution in [0.5, 0.6) is 0 Å². The summed E-state index contributed by atoms with van der Waals surface area (Å²) in [5, 5.41) is 15.3. The highest BCUT2D eigenvalue weighted by Crippen LogP contribution is 2.39. The van der Waals surface area contributed by atoms with Gasteiger partial charge in [-0.3, -0.25) is 9.59 Å². The number of carboxylic acid groups (broad SMARTS) is 1. The second kappa shape index (κ2) is 25.9. The number of methoxy groups -OCH3 is 2. The minimum absolute atomic E-state index is 0.184. The Kier molecular flexibility index (Phi) is 20.1. The van der Waals surface area contributed by atoms with E-state index in [2.05, 4.69) is 42.8 Å². The molecule has 4 aromatic carbocycles. The molecule has 2 unspecified atom stereocenters. The molecule has 8 rings (SSSR count). The Labute approximate surface area is 442 Å². The van der Waals surface area contributed by atoms with Crippen LogP contribution in [0.1, 0.15) is 58.2 Å². The summed E-state index contributed by atoms with van der Waals surface area (Å²) in [6.45, 7) is 12.0. The lowest BCUT2D eigenvalue weighted by atomic mass is 10.0. The number of nitrogens with one attached hydrogen (secondary N) is 1. The average molecular weight is 1080 g/mol. The molecule has 6 aromatic rings. The maximum absolute atomic E-state index is 13.2. The number of aromatic nitrogens is 2. The van der Waals surface area contributed by atoms with E-state index in [1.165, 1.54) is 19.1 Å². The molecule has 2 atom stereocenters. The van der Waals surface area contributed by atoms with Crippen molar-refractivity contribution in [2.24, 2.45) is 11.8 Å². The number of esters is 2. The smallest absolute Gasteiger partial charge is 0.335 e. The molecule has 2 fully saturated rings. The van der Waals surface area contributed by atoms with Crippen LogP contribution in [-0.4, -0.2) is 109 Å². The van der Waals surface area contributed by atoms with Gasteiger partial charge in [0, 0.05) is 59.2 Å². The van der Waals surface area contributed by atoms with Gasteiger partial charge < -0.3 is 34.6 Å². The molecule has 0 saturated carbocycles. The molecule has 13 nitrogen and oxygen atoms in total. The van der Waals surface area contributed by atoms with Crippen molar-refractivity contribution in [2.75, 3.05) is 63.3 Å². The Hall–Kier alpha value is -5.26. The number of carboxylic acids is 1. The molecule has 376 valence electrons. The lowest BCUT2D eigenvalue weighted by molar-refractivity contribution is -0.146. The molecule has 4 heterocycles. The summed E-state index contributed by atoms with van der Waals surface area (Å²) >= 11 is 28.0. The van der Waals surface area contributed by atoms with E-state index in [9.17, 15) is 19.2 Å². The number of ether oxygens (including phenoxy) is 2. The van der Waals surface area contributed by atoms with Crippen molar-refractivity contribution >= 4 is 103 Å². The Balaban J connectivity index is 0.000000202. The van der Waals surface area contributed by atoms with E-state index in [-0.39, 0.29) is 17.9 Å². The van der Waals surface area contributed by atoms with Gasteiger partial charge in [0.25, 0.3) is 5.91 Å². The van der Waals surface area contributed by atoms with E-state index in [4.69, 9.17) is 71.0 Å². The second-order valence-corrected chi connectivity index (χ2v) is 21.2. The first-order valence-electron chi connectivity index (χ1n) is 22.9. The van der Waals surface area contributed by atoms with Crippen molar-refractivity contribution in [1.29, 1.82) is 0 Å². The molecule has 1 amide bonds. The first-order chi connectivity index (χ1) is 34.0. The van der Waals surface area contributed by atoms with E-state index in [0.717, 1.165) is 57.0 Å². The van der Waals surface area contributed by atoms with Gasteiger partial charge in [0.05, 0.1) is 57.8 Å². The summed E-state index contributed by atoms with van der Waals surface area (Å²) in [7, 11) is 2.76. The molecule has 2 aliphatic heterocycles. The van der Waals surface area contributed by atoms with Crippen LogP contribution in [-0.2, 0) is 31.9 Å². The first-order valence-corrected chi connectivity index (χ1v) is 26.1. The molecule has 71 heavy (non-hydrogen) atoms. The number of anilines is 2. The number of hydrogen-bond donors (Lipinski definition) is 2. The van der Waals surface area contributed by atoms with Gasteiger partial charge >= 0.3 is 17.9 Å². The topological polar surface area (TPSA) is 154 Å². The standard InChI is InChI=1S/C26H27Cl2N3O3S.C19H23Cl2N3O2S.C7H6O2/c1-16(2)13-22-23(18-9-10-19(27)20(28)14-18)29-26(35-22)30-11-12-31(21(15-30)25(33)34-3)24(32)17-7-5-4-6-8-17;1-11(2)8-16-17(12-4-5-13(20)14(21)9-12)23-19(27-16)24-7-6-22-15(10-24)18(25)26-3;8-7(9)6-4-2-1-3-5-6/h4-10,14,16,21H,11-13,15H2,1-3H3;4-5,9,11,15,22H,6-8,10H2,1-3H3;1-5H,(H,8,9). The van der Waals surface area contributed by atoms with Gasteiger partial charge in [0.1, 0.15) is 12.1 Å². The molecular weight excluding hydrogens is 1030 g/mol. The Morgan fingerprint density at radius 3 is 1.56 bits per heavy atom. The summed E-state index contributed by atoms with van der Waals surface area (Å²) in [5.41, 5.74) is 4.55. The van der Waals surface area contributed by atoms with Crippen molar-refractivity contribution in [3.63, 3.8) is 0 Å². The van der Waals surface area contributed by atoms with Crippen LogP contribution in [0, 0.1) is 11.8 Å². The minimum Gasteiger partial charge on any atom is -0.478 e. The Morgan fingerprint density at radius 2 is 1.13 bits per heavy atom. The monoisotopic (exact) mass is 1080 g/mol. The fourth-order valence-electron chi connectivity index (χ4n) is 7.79. The largest absolute Gasteiger partial charge is 0.478 e. The molecule has 0 spiro atoms. The van der Waals surface area contributed by atoms with Crippen LogP contribution in [0.2, 0.25) is 20.1 Å². The normalized spacial score (nSPS) is 15.6. The molecule has 2 aliphatic rings. The van der Waals surface area contributed by atoms with Gasteiger partial charge in [-0.2, -0.15) is 0 Å². The number of hydrogen-bond acceptors (Lipinski definition) is 13. The number of benzene rings is 4. The zero-order valence-corrected chi connectivity index (χ0v) is 44.8. The third-order valence-electron chi connectivity index (χ3n) is 11.3. The van der Waals surface area contributed by atoms with Crippen LogP contribution < -0.4 is 15.1 Å². The molecule has 2 N–H and O–H groups in total. The predicted molar refractivity (Wildman–Crippen MR) is 287 cm³/mol. The van der Waals surface area contributed by atoms with Crippen molar-refractivity contribution in [2.45, 2.75) is 52.6 Å². The third kappa shape index (κ3) is 14.7. The summed E-state index contributed by atoms with van der Waals surface area (Å²) in [4.78, 5) is 66.0. The molecule has 2 saturated heterocycles. The SMILES string of the molecule is COC(=O)C1CN(c2nc(-c3ccc(Cl)c(Cl)c3)c(CC(C)C)s2)CCN1.COC(=O)C1CN(c2nc(-c3ccc(Cl)c(Cl)c3)c(CC(C)C)s2)CCN1C(=O)c1ccccc1.O=C(O)c1ccccc1. The van der Waals surface area contributed by atoms with E-state index < -0.39 is 18.0 Å². The number of thiazole rings is 2. The first kappa shape index (κ1) is 55.1. The number of carbonyl (C=O) groups excluding carboxylic acids is 3. The van der Waals surface area contributed by atoms with Gasteiger partial charge in [-0.05, 0) is 73.2 Å². The Morgan fingerprint density at radius 1 is 0.648 bits per heavy atom. The summed E-state index contributed by atoms with van der Waals surface area (Å²) in [6, 6.07) is 27.4. The molecule has 0 radical (unpaired) electrons. The number of carbonyl (C=O) groups is 4. The van der Waals surface area contributed by atoms with E-state index in [1.54, 1.807) is 82.2 Å². The van der Waals surface area contributed by atoms with E-state index in [0.29, 0.717) is 75.8 Å². The number of rotatable bonds is 12. The summed E-state index contributed by atoms with van der Waals surface area (Å²) < 4.78 is 9.94. The number of aromatic carboxylic acids is 1. The minimum atomic E-state index is -0.879. The number of halogens is 4. The predicted octanol–water partition coefficient (Wildman–Crippen LogP) is 11.5. The van der Waals surface area contributed by atoms with Gasteiger partial charge in [0.15, 0.2) is 10.3 Å². The lowest BCUT2D eigenvalue weighted by Gasteiger charge is -2.39. The lowest BCUT2D eigenvalue weighted by Crippen LogP contribution is -2.58. The van der Waals surface area contributed by atoms with Crippen molar-refractivity contribution in [3.05, 3.63) is 138 Å². The van der Waals surface area contributed by atoms with Crippen LogP contribution in [0.3, 0.4) is 0 Å². The molecule has 0 aliphatic carbocycles. The van der Waals surface area contributed by atoms with Gasteiger partial charge in [-0.1, -0.05) is 123 Å². The van der Waals surface area contributed by atoms with Crippen LogP contribution in [0.25, 0.3) is 22.5 Å². The van der Waals surface area contributed by atoms with Crippen molar-refractivity contribution < 1.29 is 33.8 Å². The van der Waals surface area contributed by atoms with Crippen LogP contribution in [0.4, 0.5) is 10.3 Å². The fourth-order valence-corrected chi connectivity index (χ4v) is 11.0. The molecule has 2 aromatic heterocycles. The van der Waals surface area contributed by atoms with Gasteiger partial charge in [-0.25, -0.2) is 19.6 Å². The van der Waals surface area contributed by atoms with Crippen LogP contribution in [0.15, 0.2) is 97.1 Å². The average Bonchev–Trinajstić information content (AvgIpc) is 3.99. The maximum Gasteiger partial charge on any atom is 0.335 e. The highest BCUT2D eigenvalue weighted by Gasteiger charge is 2.38. The maximum atomic E-state index is 13.2. The quantitative estimate of drug-likeness (QED) is 0.112. The summed E-state index contributed by atoms with van der Waals surface area (Å²) in [6.07, 6.45) is 1.79. The van der Waals surface area contributed by atoms with Gasteiger partial charge in [0.2, 0.25) is 0 Å². The van der Waals surface area contributed by atoms with E-state index >= 15 is 0 Å². The van der Waals surface area contributed by atoms with Crippen molar-refractivity contribution in [1.82, 2.24) is 20.2 Å². The third-order valence-corrected chi connectivity index (χ3v) is 15.1. The molecule has 0 bridgehead atoms. The zero-order valence-electron chi connectivity index (χ0n) is 40.2. The molecule has 19 heteroatoms. The Bertz CT molecular complexity index is 2780. The number of piperazine rings is 2. The molecular formula is C52H56Cl4N6O7S2. The number of amides is 1.